The van der Waals surface area contributed by atoms with Crippen molar-refractivity contribution in [3.05, 3.63) is 65.3 Å². The zero-order valence-corrected chi connectivity index (χ0v) is 26.6. The number of amides is 1. The van der Waals surface area contributed by atoms with Crippen LogP contribution >= 0.6 is 11.6 Å². The van der Waals surface area contributed by atoms with Crippen molar-refractivity contribution in [2.45, 2.75) is 51.2 Å². The number of halogens is 1. The van der Waals surface area contributed by atoms with E-state index >= 15 is 0 Å². The maximum absolute atomic E-state index is 12.6. The first kappa shape index (κ1) is 30.2. The van der Waals surface area contributed by atoms with E-state index in [0.717, 1.165) is 64.4 Å². The summed E-state index contributed by atoms with van der Waals surface area (Å²) in [6, 6.07) is 14.9. The van der Waals surface area contributed by atoms with Gasteiger partial charge in [0.2, 0.25) is 5.91 Å². The molecule has 0 N–H and O–H groups in total. The Morgan fingerprint density at radius 1 is 1.23 bits per heavy atom. The zero-order valence-electron chi connectivity index (χ0n) is 25.8. The van der Waals surface area contributed by atoms with Gasteiger partial charge in [-0.2, -0.15) is 15.2 Å². The highest BCUT2D eigenvalue weighted by molar-refractivity contribution is 6.36. The van der Waals surface area contributed by atoms with Crippen LogP contribution in [0.25, 0.3) is 10.8 Å². The Labute approximate surface area is 264 Å². The molecule has 2 fully saturated rings. The van der Waals surface area contributed by atoms with Gasteiger partial charge in [0.05, 0.1) is 42.4 Å². The van der Waals surface area contributed by atoms with Crippen LogP contribution in [0.5, 0.6) is 6.01 Å². The van der Waals surface area contributed by atoms with E-state index in [-0.39, 0.29) is 29.8 Å². The molecule has 1 saturated heterocycles. The topological polar surface area (TPSA) is 88.8 Å². The van der Waals surface area contributed by atoms with Crippen LogP contribution in [0, 0.1) is 16.7 Å². The van der Waals surface area contributed by atoms with Crippen LogP contribution in [0.3, 0.4) is 0 Å². The summed E-state index contributed by atoms with van der Waals surface area (Å²) in [5, 5.41) is 12.4. The lowest BCUT2D eigenvalue weighted by atomic mass is 9.96. The van der Waals surface area contributed by atoms with Gasteiger partial charge in [-0.25, -0.2) is 0 Å². The molecule has 0 radical (unpaired) electrons. The van der Waals surface area contributed by atoms with Crippen molar-refractivity contribution in [2.24, 2.45) is 5.41 Å². The number of hydrogen-bond donors (Lipinski definition) is 0. The van der Waals surface area contributed by atoms with E-state index in [1.54, 1.807) is 4.90 Å². The molecule has 1 amide bonds. The average molecular weight is 614 g/mol. The molecule has 3 aliphatic rings. The Kier molecular flexibility index (Phi) is 8.40. The second kappa shape index (κ2) is 12.3. The third-order valence-electron chi connectivity index (χ3n) is 9.23. The minimum atomic E-state index is -0.251. The number of fused-ring (bicyclic) bond motifs is 2. The molecule has 1 saturated carbocycles. The van der Waals surface area contributed by atoms with Gasteiger partial charge in [-0.15, -0.1) is 0 Å². The van der Waals surface area contributed by atoms with Gasteiger partial charge in [0.15, 0.2) is 0 Å². The smallest absolute Gasteiger partial charge is 0.318 e. The van der Waals surface area contributed by atoms with Crippen LogP contribution in [0.2, 0.25) is 5.02 Å². The van der Waals surface area contributed by atoms with Gasteiger partial charge in [0.25, 0.3) is 0 Å². The first-order valence-corrected chi connectivity index (χ1v) is 15.8. The summed E-state index contributed by atoms with van der Waals surface area (Å²) in [5.41, 5.74) is 3.26. The predicted molar refractivity (Wildman–Crippen MR) is 174 cm³/mol. The van der Waals surface area contributed by atoms with Gasteiger partial charge < -0.3 is 24.3 Å². The number of hydrogen-bond acceptors (Lipinski definition) is 8. The largest absolute Gasteiger partial charge is 0.463 e. The summed E-state index contributed by atoms with van der Waals surface area (Å²) in [4.78, 5) is 31.2. The molecule has 1 aromatic heterocycles. The summed E-state index contributed by atoms with van der Waals surface area (Å²) < 4.78 is 6.39. The minimum Gasteiger partial charge on any atom is -0.463 e. The molecule has 6 rings (SSSR count). The second-order valence-corrected chi connectivity index (χ2v) is 13.2. The van der Waals surface area contributed by atoms with Gasteiger partial charge >= 0.3 is 6.01 Å². The van der Waals surface area contributed by atoms with E-state index in [1.807, 2.05) is 12.1 Å². The Hall–Kier alpha value is -3.87. The SMILES string of the molecule is C=CC(=O)N1CCN(c2nc(OCC3(CN(C)C)CC3)nc3c2C[C@@H](C)N(c2cccc4cccc(Cl)c24)C3)C[C@@H]1CC#N. The lowest BCUT2D eigenvalue weighted by Gasteiger charge is -2.43. The van der Waals surface area contributed by atoms with Gasteiger partial charge in [0.1, 0.15) is 5.82 Å². The molecule has 1 aliphatic carbocycles. The summed E-state index contributed by atoms with van der Waals surface area (Å²) >= 11 is 6.75. The van der Waals surface area contributed by atoms with Gasteiger partial charge in [-0.1, -0.05) is 42.4 Å². The fourth-order valence-corrected chi connectivity index (χ4v) is 7.15. The van der Waals surface area contributed by atoms with E-state index < -0.39 is 0 Å². The van der Waals surface area contributed by atoms with E-state index in [0.29, 0.717) is 38.8 Å². The highest BCUT2D eigenvalue weighted by Gasteiger charge is 2.44. The molecule has 44 heavy (non-hydrogen) atoms. The number of piperazine rings is 1. The number of benzene rings is 2. The molecule has 0 unspecified atom stereocenters. The molecule has 230 valence electrons. The lowest BCUT2D eigenvalue weighted by molar-refractivity contribution is -0.128. The van der Waals surface area contributed by atoms with Gasteiger partial charge in [0, 0.05) is 54.3 Å². The Balaban J connectivity index is 1.37. The Morgan fingerprint density at radius 2 is 2.00 bits per heavy atom. The summed E-state index contributed by atoms with van der Waals surface area (Å²) in [5.74, 6) is 0.700. The van der Waals surface area contributed by atoms with Gasteiger partial charge in [-0.05, 0) is 63.9 Å². The van der Waals surface area contributed by atoms with E-state index in [4.69, 9.17) is 26.3 Å². The molecule has 3 aromatic rings. The molecule has 3 heterocycles. The van der Waals surface area contributed by atoms with Crippen molar-refractivity contribution >= 4 is 39.8 Å². The van der Waals surface area contributed by atoms with Crippen molar-refractivity contribution in [2.75, 3.05) is 56.7 Å². The number of anilines is 2. The summed E-state index contributed by atoms with van der Waals surface area (Å²) in [6.45, 7) is 9.62. The molecule has 9 nitrogen and oxygen atoms in total. The number of rotatable bonds is 9. The van der Waals surface area contributed by atoms with E-state index in [1.165, 1.54) is 6.08 Å². The summed E-state index contributed by atoms with van der Waals surface area (Å²) in [7, 11) is 4.19. The highest BCUT2D eigenvalue weighted by atomic mass is 35.5. The van der Waals surface area contributed by atoms with Crippen molar-refractivity contribution < 1.29 is 9.53 Å². The number of carbonyl (C=O) groups excluding carboxylic acids is 1. The zero-order chi connectivity index (χ0) is 31.0. The maximum Gasteiger partial charge on any atom is 0.318 e. The van der Waals surface area contributed by atoms with Crippen LogP contribution in [0.4, 0.5) is 11.5 Å². The fourth-order valence-electron chi connectivity index (χ4n) is 6.87. The van der Waals surface area contributed by atoms with Crippen LogP contribution in [-0.2, 0) is 17.8 Å². The molecule has 2 atom stereocenters. The number of aromatic nitrogens is 2. The molecule has 2 aliphatic heterocycles. The lowest BCUT2D eigenvalue weighted by Crippen LogP contribution is -2.55. The number of carbonyl (C=O) groups is 1. The monoisotopic (exact) mass is 613 g/mol. The first-order valence-electron chi connectivity index (χ1n) is 15.4. The predicted octanol–water partition coefficient (Wildman–Crippen LogP) is 5.07. The standard InChI is InChI=1S/C34H40ClN7O2/c1-5-30(43)41-17-16-40(19-25(41)12-15-36)32-26-18-23(2)42(29-11-7-9-24-8-6-10-27(35)31(24)29)20-28(26)37-33(38-32)44-22-34(13-14-34)21-39(3)4/h5-11,23,25H,1,12-14,16-22H2,2-4H3/t23-,25+/m1/s1. The molecular weight excluding hydrogens is 574 g/mol. The maximum atomic E-state index is 12.6. The van der Waals surface area contributed by atoms with Crippen molar-refractivity contribution in [1.82, 2.24) is 19.8 Å². The van der Waals surface area contributed by atoms with E-state index in [2.05, 4.69) is 72.6 Å². The molecule has 2 aromatic carbocycles. The normalized spacial score (nSPS) is 20.8. The summed E-state index contributed by atoms with van der Waals surface area (Å²) in [6.07, 6.45) is 4.57. The first-order chi connectivity index (χ1) is 21.2. The third-order valence-corrected chi connectivity index (χ3v) is 9.54. The number of nitriles is 1. The third kappa shape index (κ3) is 5.93. The fraction of sp³-hybridized carbons (Fsp3) is 0.471. The average Bonchev–Trinajstić information content (AvgIpc) is 3.77. The quantitative estimate of drug-likeness (QED) is 0.309. The molecular formula is C34H40ClN7O2. The van der Waals surface area contributed by atoms with Crippen molar-refractivity contribution in [3.8, 4) is 12.1 Å². The Morgan fingerprint density at radius 3 is 2.70 bits per heavy atom. The van der Waals surface area contributed by atoms with Crippen LogP contribution in [-0.4, -0.2) is 84.6 Å². The molecule has 0 bridgehead atoms. The van der Waals surface area contributed by atoms with Crippen LogP contribution < -0.4 is 14.5 Å². The molecule has 0 spiro atoms. The number of nitrogens with zero attached hydrogens (tertiary/aromatic N) is 7. The van der Waals surface area contributed by atoms with Gasteiger partial charge in [-0.3, -0.25) is 4.79 Å². The second-order valence-electron chi connectivity index (χ2n) is 12.8. The van der Waals surface area contributed by atoms with Crippen molar-refractivity contribution in [1.29, 1.82) is 5.26 Å². The number of ether oxygens (including phenoxy) is 1. The Bertz CT molecular complexity index is 1610. The van der Waals surface area contributed by atoms with Crippen molar-refractivity contribution in [3.63, 3.8) is 0 Å². The highest BCUT2D eigenvalue weighted by Crippen LogP contribution is 2.46. The van der Waals surface area contributed by atoms with Crippen LogP contribution in [0.1, 0.15) is 37.4 Å². The minimum absolute atomic E-state index is 0.137. The van der Waals surface area contributed by atoms with Crippen LogP contribution in [0.15, 0.2) is 49.1 Å². The van der Waals surface area contributed by atoms with E-state index in [9.17, 15) is 10.1 Å². The molecule has 10 heteroatoms.